The Bertz CT molecular complexity index is 310. The Hall–Kier alpha value is -1.22. The molecule has 3 heteroatoms. The van der Waals surface area contributed by atoms with Crippen molar-refractivity contribution in [1.82, 2.24) is 0 Å². The van der Waals surface area contributed by atoms with Crippen LogP contribution in [0.4, 0.5) is 11.4 Å². The summed E-state index contributed by atoms with van der Waals surface area (Å²) in [7, 11) is 0. The van der Waals surface area contributed by atoms with E-state index in [1.54, 1.807) is 6.92 Å². The molecule has 0 fully saturated rings. The summed E-state index contributed by atoms with van der Waals surface area (Å²) in [4.78, 5) is 1.93. The highest BCUT2D eigenvalue weighted by molar-refractivity contribution is 5.59. The van der Waals surface area contributed by atoms with E-state index in [0.717, 1.165) is 23.5 Å². The Kier molecular flexibility index (Phi) is 3.36. The fourth-order valence-electron chi connectivity index (χ4n) is 1.64. The van der Waals surface area contributed by atoms with Gasteiger partial charge in [0.2, 0.25) is 0 Å². The Morgan fingerprint density at radius 3 is 2.57 bits per heavy atom. The summed E-state index contributed by atoms with van der Waals surface area (Å²) < 4.78 is 0. The number of nitrogen functional groups attached to an aromatic ring is 1. The van der Waals surface area contributed by atoms with Gasteiger partial charge in [0, 0.05) is 17.9 Å². The third kappa shape index (κ3) is 2.17. The standard InChI is InChI=1S/C11H18N2O/c1-4-13(9(3)14)11-6-5-10(12)7-8(11)2/h5-7,9,14H,4,12H2,1-3H3. The molecule has 0 aliphatic heterocycles. The monoisotopic (exact) mass is 194 g/mol. The molecule has 0 aromatic heterocycles. The van der Waals surface area contributed by atoms with Crippen molar-refractivity contribution in [2.24, 2.45) is 0 Å². The molecule has 0 amide bonds. The molecule has 1 aromatic rings. The highest BCUT2D eigenvalue weighted by Gasteiger charge is 2.11. The Labute approximate surface area is 85.2 Å². The predicted molar refractivity (Wildman–Crippen MR) is 60.3 cm³/mol. The van der Waals surface area contributed by atoms with Gasteiger partial charge in [-0.1, -0.05) is 0 Å². The van der Waals surface area contributed by atoms with Crippen LogP contribution in [0.2, 0.25) is 0 Å². The third-order valence-electron chi connectivity index (χ3n) is 2.32. The molecule has 3 nitrogen and oxygen atoms in total. The average Bonchev–Trinajstić information content (AvgIpc) is 2.09. The van der Waals surface area contributed by atoms with Gasteiger partial charge in [-0.25, -0.2) is 0 Å². The molecule has 1 unspecified atom stereocenters. The van der Waals surface area contributed by atoms with Crippen molar-refractivity contribution in [3.8, 4) is 0 Å². The molecule has 3 N–H and O–H groups in total. The molecule has 0 radical (unpaired) electrons. The number of anilines is 2. The van der Waals surface area contributed by atoms with Gasteiger partial charge in [-0.05, 0) is 44.5 Å². The summed E-state index contributed by atoms with van der Waals surface area (Å²) >= 11 is 0. The first kappa shape index (κ1) is 10.9. The van der Waals surface area contributed by atoms with Gasteiger partial charge < -0.3 is 15.7 Å². The molecule has 0 aliphatic carbocycles. The first-order valence-electron chi connectivity index (χ1n) is 4.87. The zero-order valence-corrected chi connectivity index (χ0v) is 8.99. The first-order chi connectivity index (χ1) is 6.56. The zero-order chi connectivity index (χ0) is 10.7. The predicted octanol–water partition coefficient (Wildman–Crippen LogP) is 1.74. The highest BCUT2D eigenvalue weighted by atomic mass is 16.3. The topological polar surface area (TPSA) is 49.5 Å². The van der Waals surface area contributed by atoms with E-state index in [1.165, 1.54) is 0 Å². The maximum atomic E-state index is 9.55. The van der Waals surface area contributed by atoms with Crippen LogP contribution in [0.3, 0.4) is 0 Å². The molecule has 0 saturated carbocycles. The molecule has 1 atom stereocenters. The molecular formula is C11H18N2O. The summed E-state index contributed by atoms with van der Waals surface area (Å²) in [6.07, 6.45) is -0.470. The van der Waals surface area contributed by atoms with Crippen molar-refractivity contribution in [2.75, 3.05) is 17.2 Å². The van der Waals surface area contributed by atoms with Gasteiger partial charge in [0.15, 0.2) is 0 Å². The fraction of sp³-hybridized carbons (Fsp3) is 0.455. The maximum absolute atomic E-state index is 9.55. The number of nitrogens with zero attached hydrogens (tertiary/aromatic N) is 1. The molecule has 1 rings (SSSR count). The van der Waals surface area contributed by atoms with E-state index in [1.807, 2.05) is 36.9 Å². The first-order valence-corrected chi connectivity index (χ1v) is 4.87. The van der Waals surface area contributed by atoms with Crippen molar-refractivity contribution in [1.29, 1.82) is 0 Å². The lowest BCUT2D eigenvalue weighted by Crippen LogP contribution is -2.32. The van der Waals surface area contributed by atoms with Gasteiger partial charge in [-0.15, -0.1) is 0 Å². The van der Waals surface area contributed by atoms with Crippen LogP contribution in [0.25, 0.3) is 0 Å². The van der Waals surface area contributed by atoms with Crippen LogP contribution >= 0.6 is 0 Å². The van der Waals surface area contributed by atoms with Gasteiger partial charge in [0.25, 0.3) is 0 Å². The van der Waals surface area contributed by atoms with Crippen LogP contribution in [-0.2, 0) is 0 Å². The van der Waals surface area contributed by atoms with E-state index in [9.17, 15) is 5.11 Å². The van der Waals surface area contributed by atoms with Crippen LogP contribution < -0.4 is 10.6 Å². The minimum atomic E-state index is -0.470. The number of aliphatic hydroxyl groups excluding tert-OH is 1. The summed E-state index contributed by atoms with van der Waals surface area (Å²) in [5.41, 5.74) is 8.55. The molecule has 0 saturated heterocycles. The SMILES string of the molecule is CCN(c1ccc(N)cc1C)C(C)O. The van der Waals surface area contributed by atoms with E-state index in [-0.39, 0.29) is 0 Å². The Morgan fingerprint density at radius 2 is 2.14 bits per heavy atom. The minimum absolute atomic E-state index is 0.470. The van der Waals surface area contributed by atoms with Crippen molar-refractivity contribution in [3.05, 3.63) is 23.8 Å². The Morgan fingerprint density at radius 1 is 1.50 bits per heavy atom. The van der Waals surface area contributed by atoms with Crippen LogP contribution in [0.5, 0.6) is 0 Å². The van der Waals surface area contributed by atoms with E-state index in [4.69, 9.17) is 5.73 Å². The lowest BCUT2D eigenvalue weighted by molar-refractivity contribution is 0.189. The van der Waals surface area contributed by atoms with Crippen molar-refractivity contribution < 1.29 is 5.11 Å². The van der Waals surface area contributed by atoms with Gasteiger partial charge in [-0.3, -0.25) is 0 Å². The number of aliphatic hydroxyl groups is 1. The smallest absolute Gasteiger partial charge is 0.124 e. The van der Waals surface area contributed by atoms with E-state index in [0.29, 0.717) is 0 Å². The lowest BCUT2D eigenvalue weighted by atomic mass is 10.1. The normalized spacial score (nSPS) is 12.6. The van der Waals surface area contributed by atoms with E-state index >= 15 is 0 Å². The molecule has 14 heavy (non-hydrogen) atoms. The molecule has 78 valence electrons. The lowest BCUT2D eigenvalue weighted by Gasteiger charge is -2.27. The number of aryl methyl sites for hydroxylation is 1. The number of hydrogen-bond donors (Lipinski definition) is 2. The number of rotatable bonds is 3. The Balaban J connectivity index is 3.04. The second-order valence-corrected chi connectivity index (χ2v) is 3.46. The van der Waals surface area contributed by atoms with Crippen molar-refractivity contribution >= 4 is 11.4 Å². The zero-order valence-electron chi connectivity index (χ0n) is 8.99. The quantitative estimate of drug-likeness (QED) is 0.569. The highest BCUT2D eigenvalue weighted by Crippen LogP contribution is 2.23. The van der Waals surface area contributed by atoms with Crippen molar-refractivity contribution in [2.45, 2.75) is 27.0 Å². The fourth-order valence-corrected chi connectivity index (χ4v) is 1.64. The van der Waals surface area contributed by atoms with Gasteiger partial charge in [0.05, 0.1) is 0 Å². The van der Waals surface area contributed by atoms with Crippen LogP contribution in [0.1, 0.15) is 19.4 Å². The largest absolute Gasteiger partial charge is 0.399 e. The average molecular weight is 194 g/mol. The molecule has 0 heterocycles. The van der Waals surface area contributed by atoms with Crippen LogP contribution in [0, 0.1) is 6.92 Å². The second-order valence-electron chi connectivity index (χ2n) is 3.46. The minimum Gasteiger partial charge on any atom is -0.399 e. The summed E-state index contributed by atoms with van der Waals surface area (Å²) in [5, 5.41) is 9.55. The van der Waals surface area contributed by atoms with Crippen molar-refractivity contribution in [3.63, 3.8) is 0 Å². The molecule has 0 spiro atoms. The third-order valence-corrected chi connectivity index (χ3v) is 2.32. The number of hydrogen-bond acceptors (Lipinski definition) is 3. The molecule has 0 aliphatic rings. The second kappa shape index (κ2) is 4.33. The molecule has 1 aromatic carbocycles. The molecular weight excluding hydrogens is 176 g/mol. The summed E-state index contributed by atoms with van der Waals surface area (Å²) in [6.45, 7) is 6.56. The van der Waals surface area contributed by atoms with E-state index < -0.39 is 6.23 Å². The van der Waals surface area contributed by atoms with Gasteiger partial charge in [-0.2, -0.15) is 0 Å². The summed E-state index contributed by atoms with van der Waals surface area (Å²) in [5.74, 6) is 0. The van der Waals surface area contributed by atoms with E-state index in [2.05, 4.69) is 0 Å². The number of benzene rings is 1. The molecule has 0 bridgehead atoms. The van der Waals surface area contributed by atoms with Crippen LogP contribution in [-0.4, -0.2) is 17.9 Å². The van der Waals surface area contributed by atoms with Crippen LogP contribution in [0.15, 0.2) is 18.2 Å². The summed E-state index contributed by atoms with van der Waals surface area (Å²) in [6, 6.07) is 5.72. The van der Waals surface area contributed by atoms with Gasteiger partial charge >= 0.3 is 0 Å². The van der Waals surface area contributed by atoms with Gasteiger partial charge in [0.1, 0.15) is 6.23 Å². The maximum Gasteiger partial charge on any atom is 0.124 e. The number of nitrogens with two attached hydrogens (primary N) is 1.